The van der Waals surface area contributed by atoms with E-state index < -0.39 is 11.9 Å². The van der Waals surface area contributed by atoms with Crippen molar-refractivity contribution in [2.75, 3.05) is 20.8 Å². The zero-order valence-corrected chi connectivity index (χ0v) is 19.9. The second-order valence-electron chi connectivity index (χ2n) is 8.17. The third kappa shape index (κ3) is 12.4. The summed E-state index contributed by atoms with van der Waals surface area (Å²) in [6.07, 6.45) is 18.3. The molecule has 0 radical (unpaired) electrons. The number of unbranched alkanes of at least 4 members (excludes halogenated alkanes) is 13. The maximum atomic E-state index is 11.8. The Hall–Kier alpha value is -2.04. The first-order chi connectivity index (χ1) is 15.1. The monoisotopic (exact) mass is 434 g/mol. The molecule has 0 saturated heterocycles. The minimum Gasteiger partial charge on any atom is -0.494 e. The largest absolute Gasteiger partial charge is 0.494 e. The molecule has 31 heavy (non-hydrogen) atoms. The molecule has 0 aromatic heterocycles. The third-order valence-corrected chi connectivity index (χ3v) is 5.52. The number of carbonyl (C=O) groups excluding carboxylic acids is 2. The Balaban J connectivity index is 2.13. The number of hydrogen-bond donors (Lipinski definition) is 0. The van der Waals surface area contributed by atoms with Crippen molar-refractivity contribution in [3.05, 3.63) is 29.3 Å². The molecule has 1 rings (SSSR count). The molecule has 1 aromatic carbocycles. The van der Waals surface area contributed by atoms with Gasteiger partial charge in [0.25, 0.3) is 0 Å². The summed E-state index contributed by atoms with van der Waals surface area (Å²) in [4.78, 5) is 23.6. The number of ether oxygens (including phenoxy) is 3. The fraction of sp³-hybridized carbons (Fsp3) is 0.692. The average molecular weight is 435 g/mol. The van der Waals surface area contributed by atoms with Gasteiger partial charge in [-0.2, -0.15) is 0 Å². The van der Waals surface area contributed by atoms with Crippen molar-refractivity contribution < 1.29 is 23.8 Å². The van der Waals surface area contributed by atoms with E-state index in [-0.39, 0.29) is 11.1 Å². The summed E-state index contributed by atoms with van der Waals surface area (Å²) in [5.41, 5.74) is 0.558. The van der Waals surface area contributed by atoms with Crippen LogP contribution in [0, 0.1) is 0 Å². The topological polar surface area (TPSA) is 61.8 Å². The van der Waals surface area contributed by atoms with E-state index >= 15 is 0 Å². The Morgan fingerprint density at radius 2 is 1.00 bits per heavy atom. The maximum Gasteiger partial charge on any atom is 0.338 e. The fourth-order valence-corrected chi connectivity index (χ4v) is 3.64. The van der Waals surface area contributed by atoms with Crippen LogP contribution in [0.4, 0.5) is 0 Å². The minimum atomic E-state index is -0.507. The normalized spacial score (nSPS) is 10.7. The van der Waals surface area contributed by atoms with Crippen LogP contribution in [-0.4, -0.2) is 32.8 Å². The summed E-state index contributed by atoms with van der Waals surface area (Å²) in [6, 6.07) is 4.65. The Morgan fingerprint density at radius 3 is 1.39 bits per heavy atom. The number of carbonyl (C=O) groups is 2. The lowest BCUT2D eigenvalue weighted by molar-refractivity contribution is 0.0598. The molecule has 0 amide bonds. The first-order valence-electron chi connectivity index (χ1n) is 12.1. The summed E-state index contributed by atoms with van der Waals surface area (Å²) in [5, 5.41) is 0. The van der Waals surface area contributed by atoms with Crippen LogP contribution in [0.2, 0.25) is 0 Å². The Bertz CT molecular complexity index is 592. The molecule has 0 saturated carbocycles. The molecule has 1 aromatic rings. The summed E-state index contributed by atoms with van der Waals surface area (Å²) in [7, 11) is 2.62. The van der Waals surface area contributed by atoms with Gasteiger partial charge in [-0.25, -0.2) is 9.59 Å². The van der Waals surface area contributed by atoms with Gasteiger partial charge >= 0.3 is 11.9 Å². The van der Waals surface area contributed by atoms with Gasteiger partial charge in [-0.1, -0.05) is 90.4 Å². The van der Waals surface area contributed by atoms with Crippen molar-refractivity contribution in [1.29, 1.82) is 0 Å². The minimum absolute atomic E-state index is 0.279. The van der Waals surface area contributed by atoms with E-state index in [9.17, 15) is 9.59 Å². The van der Waals surface area contributed by atoms with Crippen molar-refractivity contribution >= 4 is 11.9 Å². The van der Waals surface area contributed by atoms with Crippen LogP contribution in [0.1, 0.15) is 118 Å². The first-order valence-corrected chi connectivity index (χ1v) is 12.1. The Morgan fingerprint density at radius 1 is 0.613 bits per heavy atom. The summed E-state index contributed by atoms with van der Waals surface area (Å²) in [6.45, 7) is 2.82. The molecule has 5 nitrogen and oxygen atoms in total. The van der Waals surface area contributed by atoms with Gasteiger partial charge in [-0.3, -0.25) is 0 Å². The molecule has 176 valence electrons. The van der Waals surface area contributed by atoms with Gasteiger partial charge in [-0.05, 0) is 24.6 Å². The lowest BCUT2D eigenvalue weighted by Crippen LogP contribution is -2.08. The maximum absolute atomic E-state index is 11.8. The van der Waals surface area contributed by atoms with Crippen LogP contribution < -0.4 is 4.74 Å². The van der Waals surface area contributed by atoms with Crippen molar-refractivity contribution in [3.63, 3.8) is 0 Å². The van der Waals surface area contributed by atoms with Gasteiger partial charge in [0.15, 0.2) is 0 Å². The van der Waals surface area contributed by atoms with Gasteiger partial charge in [0.1, 0.15) is 5.75 Å². The fourth-order valence-electron chi connectivity index (χ4n) is 3.64. The van der Waals surface area contributed by atoms with Gasteiger partial charge in [0.2, 0.25) is 0 Å². The van der Waals surface area contributed by atoms with Gasteiger partial charge in [0.05, 0.1) is 32.0 Å². The standard InChI is InChI=1S/C26H42O5/c1-4-5-6-7-8-9-10-11-12-13-14-15-16-17-18-31-24-20-22(25(27)29-2)19-23(21-24)26(28)30-3/h19-21H,4-18H2,1-3H3. The number of methoxy groups -OCH3 is 2. The Labute approximate surface area is 188 Å². The molecule has 0 atom stereocenters. The molecule has 0 unspecified atom stereocenters. The van der Waals surface area contributed by atoms with E-state index in [0.717, 1.165) is 12.8 Å². The van der Waals surface area contributed by atoms with Crippen LogP contribution in [0.25, 0.3) is 0 Å². The van der Waals surface area contributed by atoms with Crippen LogP contribution in [-0.2, 0) is 9.47 Å². The predicted octanol–water partition coefficient (Wildman–Crippen LogP) is 7.12. The van der Waals surface area contributed by atoms with Crippen LogP contribution in [0.3, 0.4) is 0 Å². The van der Waals surface area contributed by atoms with E-state index in [1.807, 2.05) is 0 Å². The van der Waals surface area contributed by atoms with Crippen molar-refractivity contribution in [3.8, 4) is 5.75 Å². The molecule has 0 spiro atoms. The van der Waals surface area contributed by atoms with Crippen LogP contribution >= 0.6 is 0 Å². The molecule has 0 aliphatic heterocycles. The lowest BCUT2D eigenvalue weighted by Gasteiger charge is -2.10. The third-order valence-electron chi connectivity index (χ3n) is 5.52. The molecule has 0 heterocycles. The van der Waals surface area contributed by atoms with Crippen LogP contribution in [0.5, 0.6) is 5.75 Å². The van der Waals surface area contributed by atoms with Crippen LogP contribution in [0.15, 0.2) is 18.2 Å². The van der Waals surface area contributed by atoms with Crippen molar-refractivity contribution in [1.82, 2.24) is 0 Å². The van der Waals surface area contributed by atoms with Crippen molar-refractivity contribution in [2.45, 2.75) is 96.8 Å². The number of rotatable bonds is 18. The van der Waals surface area contributed by atoms with Gasteiger partial charge in [-0.15, -0.1) is 0 Å². The van der Waals surface area contributed by atoms with Gasteiger partial charge < -0.3 is 14.2 Å². The van der Waals surface area contributed by atoms with E-state index in [2.05, 4.69) is 6.92 Å². The average Bonchev–Trinajstić information content (AvgIpc) is 2.80. The number of esters is 2. The predicted molar refractivity (Wildman–Crippen MR) is 125 cm³/mol. The smallest absolute Gasteiger partial charge is 0.338 e. The molecular weight excluding hydrogens is 392 g/mol. The molecule has 0 aliphatic carbocycles. The zero-order valence-electron chi connectivity index (χ0n) is 19.9. The summed E-state index contributed by atoms with van der Waals surface area (Å²) < 4.78 is 15.3. The summed E-state index contributed by atoms with van der Waals surface area (Å²) in [5.74, 6) is -0.530. The Kier molecular flexibility index (Phi) is 15.3. The second-order valence-corrected chi connectivity index (χ2v) is 8.17. The molecule has 0 N–H and O–H groups in total. The highest BCUT2D eigenvalue weighted by molar-refractivity contribution is 5.96. The highest BCUT2D eigenvalue weighted by Crippen LogP contribution is 2.20. The lowest BCUT2D eigenvalue weighted by atomic mass is 10.0. The van der Waals surface area contributed by atoms with Gasteiger partial charge in [0, 0.05) is 0 Å². The molecule has 0 aliphatic rings. The number of benzene rings is 1. The molecule has 0 fully saturated rings. The molecular formula is C26H42O5. The van der Waals surface area contributed by atoms with E-state index in [0.29, 0.717) is 12.4 Å². The number of hydrogen-bond acceptors (Lipinski definition) is 5. The highest BCUT2D eigenvalue weighted by atomic mass is 16.5. The zero-order chi connectivity index (χ0) is 22.7. The second kappa shape index (κ2) is 17.6. The van der Waals surface area contributed by atoms with E-state index in [4.69, 9.17) is 14.2 Å². The van der Waals surface area contributed by atoms with E-state index in [1.165, 1.54) is 97.3 Å². The highest BCUT2D eigenvalue weighted by Gasteiger charge is 2.14. The van der Waals surface area contributed by atoms with E-state index in [1.54, 1.807) is 12.1 Å². The quantitative estimate of drug-likeness (QED) is 0.182. The summed E-state index contributed by atoms with van der Waals surface area (Å²) >= 11 is 0. The molecule has 5 heteroatoms. The SMILES string of the molecule is CCCCCCCCCCCCCCCCOc1cc(C(=O)OC)cc(C(=O)OC)c1. The first kappa shape index (κ1) is 27.0. The molecule has 0 bridgehead atoms. The van der Waals surface area contributed by atoms with Crippen molar-refractivity contribution in [2.24, 2.45) is 0 Å².